The van der Waals surface area contributed by atoms with E-state index in [1.165, 1.54) is 15.6 Å². The van der Waals surface area contributed by atoms with Crippen molar-refractivity contribution in [2.75, 3.05) is 5.73 Å². The third-order valence-corrected chi connectivity index (χ3v) is 6.51. The third kappa shape index (κ3) is 2.40. The largest absolute Gasteiger partial charge is 0.383 e. The van der Waals surface area contributed by atoms with Gasteiger partial charge in [0.25, 0.3) is 0 Å². The van der Waals surface area contributed by atoms with Crippen LogP contribution in [0.1, 0.15) is 31.7 Å². The molecule has 3 aromatic heterocycles. The number of rotatable bonds is 2. The minimum atomic E-state index is 0.327. The second-order valence-electron chi connectivity index (χ2n) is 7.12. The highest BCUT2D eigenvalue weighted by Crippen LogP contribution is 2.41. The summed E-state index contributed by atoms with van der Waals surface area (Å²) < 4.78 is 3.59. The Morgan fingerprint density at radius 3 is 2.69 bits per heavy atom. The first-order chi connectivity index (χ1) is 12.7. The zero-order chi connectivity index (χ0) is 17.7. The van der Waals surface area contributed by atoms with E-state index in [0.717, 1.165) is 42.3 Å². The van der Waals surface area contributed by atoms with Gasteiger partial charge in [0.15, 0.2) is 0 Å². The third-order valence-electron chi connectivity index (χ3n) is 5.54. The van der Waals surface area contributed by atoms with Crippen LogP contribution >= 0.6 is 11.3 Å². The van der Waals surface area contributed by atoms with Crippen molar-refractivity contribution >= 4 is 38.3 Å². The average molecular weight is 363 g/mol. The first-order valence-electron chi connectivity index (χ1n) is 9.05. The van der Waals surface area contributed by atoms with E-state index in [-0.39, 0.29) is 0 Å². The van der Waals surface area contributed by atoms with Crippen LogP contribution in [0.25, 0.3) is 32.2 Å². The molecule has 3 heterocycles. The van der Waals surface area contributed by atoms with E-state index in [1.54, 1.807) is 17.7 Å². The summed E-state index contributed by atoms with van der Waals surface area (Å²) in [5.74, 6) is 0.548. The van der Waals surface area contributed by atoms with Crippen molar-refractivity contribution in [3.63, 3.8) is 0 Å². The number of benzene rings is 1. The van der Waals surface area contributed by atoms with Crippen LogP contribution in [0, 0.1) is 0 Å². The lowest BCUT2D eigenvalue weighted by Crippen LogP contribution is -2.27. The summed E-state index contributed by atoms with van der Waals surface area (Å²) in [5.41, 5.74) is 15.7. The second kappa shape index (κ2) is 6.07. The Bertz CT molecular complexity index is 1090. The van der Waals surface area contributed by atoms with E-state index in [0.29, 0.717) is 17.9 Å². The summed E-state index contributed by atoms with van der Waals surface area (Å²) in [4.78, 5) is 8.86. The highest BCUT2D eigenvalue weighted by Gasteiger charge is 2.25. The lowest BCUT2D eigenvalue weighted by Gasteiger charge is -2.27. The Kier molecular flexibility index (Phi) is 3.69. The van der Waals surface area contributed by atoms with Gasteiger partial charge in [-0.05, 0) is 37.1 Å². The molecule has 6 heteroatoms. The maximum absolute atomic E-state index is 6.29. The van der Waals surface area contributed by atoms with Gasteiger partial charge < -0.3 is 16.0 Å². The minimum Gasteiger partial charge on any atom is -0.383 e. The van der Waals surface area contributed by atoms with Crippen LogP contribution in [0.15, 0.2) is 42.2 Å². The highest BCUT2D eigenvalue weighted by atomic mass is 32.1. The smallest absolute Gasteiger partial charge is 0.146 e. The number of fused-ring (bicyclic) bond motifs is 2. The summed E-state index contributed by atoms with van der Waals surface area (Å²) in [7, 11) is 0. The predicted octanol–water partition coefficient (Wildman–Crippen LogP) is 4.34. The summed E-state index contributed by atoms with van der Waals surface area (Å²) in [6, 6.07) is 9.24. The highest BCUT2D eigenvalue weighted by molar-refractivity contribution is 7.17. The van der Waals surface area contributed by atoms with Crippen molar-refractivity contribution in [2.45, 2.75) is 37.8 Å². The van der Waals surface area contributed by atoms with Crippen LogP contribution in [0.3, 0.4) is 0 Å². The number of nitrogens with zero attached hydrogens (tertiary/aromatic N) is 3. The minimum absolute atomic E-state index is 0.327. The van der Waals surface area contributed by atoms with E-state index in [9.17, 15) is 0 Å². The Morgan fingerprint density at radius 1 is 1.04 bits per heavy atom. The van der Waals surface area contributed by atoms with Crippen molar-refractivity contribution in [2.24, 2.45) is 5.73 Å². The molecule has 0 atom stereocenters. The fourth-order valence-corrected chi connectivity index (χ4v) is 5.12. The van der Waals surface area contributed by atoms with Gasteiger partial charge >= 0.3 is 0 Å². The number of hydrogen-bond acceptors (Lipinski definition) is 5. The fourth-order valence-electron chi connectivity index (χ4n) is 4.16. The molecule has 5 rings (SSSR count). The monoisotopic (exact) mass is 363 g/mol. The lowest BCUT2D eigenvalue weighted by molar-refractivity contribution is 0.329. The number of aromatic nitrogens is 3. The number of nitrogen functional groups attached to an aromatic ring is 1. The SMILES string of the molecule is Nc1ncnc2c1c(-c1csc3ccccc13)cn2C1CCC(N)CC1. The van der Waals surface area contributed by atoms with E-state index in [1.807, 2.05) is 0 Å². The van der Waals surface area contributed by atoms with Gasteiger partial charge in [-0.25, -0.2) is 9.97 Å². The van der Waals surface area contributed by atoms with Crippen LogP contribution in [0.5, 0.6) is 0 Å². The Morgan fingerprint density at radius 2 is 1.85 bits per heavy atom. The standard InChI is InChI=1S/C20H21N5S/c21-12-5-7-13(8-6-12)25-9-15(18-19(22)23-11-24-20(18)25)16-10-26-17-4-2-1-3-14(16)17/h1-4,9-13H,5-8,21H2,(H2,22,23,24). The molecule has 0 aliphatic heterocycles. The number of thiophene rings is 1. The fraction of sp³-hybridized carbons (Fsp3) is 0.300. The van der Waals surface area contributed by atoms with Gasteiger partial charge in [0, 0.05) is 39.5 Å². The molecule has 1 saturated carbocycles. The first-order valence-corrected chi connectivity index (χ1v) is 9.93. The van der Waals surface area contributed by atoms with Crippen molar-refractivity contribution in [3.8, 4) is 11.1 Å². The van der Waals surface area contributed by atoms with Gasteiger partial charge in [0.1, 0.15) is 17.8 Å². The van der Waals surface area contributed by atoms with Crippen LogP contribution < -0.4 is 11.5 Å². The van der Waals surface area contributed by atoms with Gasteiger partial charge in [-0.3, -0.25) is 0 Å². The normalized spacial score (nSPS) is 20.8. The molecule has 1 aliphatic rings. The van der Waals surface area contributed by atoms with Crippen molar-refractivity contribution in [3.05, 3.63) is 42.2 Å². The maximum atomic E-state index is 6.29. The van der Waals surface area contributed by atoms with Gasteiger partial charge in [0.2, 0.25) is 0 Å². The van der Waals surface area contributed by atoms with E-state index < -0.39 is 0 Å². The van der Waals surface area contributed by atoms with Crippen molar-refractivity contribution in [1.29, 1.82) is 0 Å². The summed E-state index contributed by atoms with van der Waals surface area (Å²) in [6.45, 7) is 0. The van der Waals surface area contributed by atoms with Crippen LogP contribution in [0.4, 0.5) is 5.82 Å². The van der Waals surface area contributed by atoms with Crippen LogP contribution in [0.2, 0.25) is 0 Å². The molecule has 4 N–H and O–H groups in total. The molecule has 0 amide bonds. The lowest BCUT2D eigenvalue weighted by atomic mass is 9.92. The molecule has 4 aromatic rings. The molecule has 0 unspecified atom stereocenters. The predicted molar refractivity (Wildman–Crippen MR) is 108 cm³/mol. The van der Waals surface area contributed by atoms with Gasteiger partial charge in [0.05, 0.1) is 5.39 Å². The quantitative estimate of drug-likeness (QED) is 0.555. The number of anilines is 1. The molecule has 1 aliphatic carbocycles. The summed E-state index contributed by atoms with van der Waals surface area (Å²) >= 11 is 1.76. The van der Waals surface area contributed by atoms with Crippen LogP contribution in [-0.4, -0.2) is 20.6 Å². The molecule has 0 saturated heterocycles. The van der Waals surface area contributed by atoms with Gasteiger partial charge in [-0.1, -0.05) is 18.2 Å². The molecular formula is C20H21N5S. The number of hydrogen-bond donors (Lipinski definition) is 2. The molecule has 1 fully saturated rings. The maximum Gasteiger partial charge on any atom is 0.146 e. The first kappa shape index (κ1) is 15.8. The molecule has 0 spiro atoms. The van der Waals surface area contributed by atoms with E-state index in [2.05, 4.69) is 50.4 Å². The molecule has 5 nitrogen and oxygen atoms in total. The molecule has 0 radical (unpaired) electrons. The molecule has 0 bridgehead atoms. The molecular weight excluding hydrogens is 342 g/mol. The summed E-state index contributed by atoms with van der Waals surface area (Å²) in [5, 5.41) is 4.43. The second-order valence-corrected chi connectivity index (χ2v) is 8.03. The molecule has 26 heavy (non-hydrogen) atoms. The average Bonchev–Trinajstić information content (AvgIpc) is 3.25. The van der Waals surface area contributed by atoms with E-state index >= 15 is 0 Å². The number of nitrogens with two attached hydrogens (primary N) is 2. The molecule has 132 valence electrons. The van der Waals surface area contributed by atoms with Crippen molar-refractivity contribution in [1.82, 2.24) is 14.5 Å². The summed E-state index contributed by atoms with van der Waals surface area (Å²) in [6.07, 6.45) is 8.07. The van der Waals surface area contributed by atoms with Gasteiger partial charge in [-0.2, -0.15) is 0 Å². The van der Waals surface area contributed by atoms with E-state index in [4.69, 9.17) is 11.5 Å². The Hall–Kier alpha value is -2.44. The van der Waals surface area contributed by atoms with Crippen molar-refractivity contribution < 1.29 is 0 Å². The topological polar surface area (TPSA) is 82.8 Å². The zero-order valence-corrected chi connectivity index (χ0v) is 15.2. The Balaban J connectivity index is 1.73. The van der Waals surface area contributed by atoms with Gasteiger partial charge in [-0.15, -0.1) is 11.3 Å². The molecule has 1 aromatic carbocycles. The Labute approximate surface area is 155 Å². The van der Waals surface area contributed by atoms with Crippen LogP contribution in [-0.2, 0) is 0 Å². The zero-order valence-electron chi connectivity index (χ0n) is 14.4.